The molecule has 1 aliphatic rings. The summed E-state index contributed by atoms with van der Waals surface area (Å²) in [5.74, 6) is 0.715. The van der Waals surface area contributed by atoms with Gasteiger partial charge in [-0.05, 0) is 100 Å². The molecule has 5 rings (SSSR count). The van der Waals surface area contributed by atoms with E-state index in [9.17, 15) is 14.7 Å². The van der Waals surface area contributed by atoms with Gasteiger partial charge in [0.05, 0.1) is 11.6 Å². The van der Waals surface area contributed by atoms with Crippen molar-refractivity contribution in [2.24, 2.45) is 0 Å². The summed E-state index contributed by atoms with van der Waals surface area (Å²) in [4.78, 5) is 34.4. The maximum atomic E-state index is 13.2. The SMILES string of the molecule is CCOCCCN(c1ccnc(NC(=O)c2ccc(C3CCN(CC(C)O)CC3)cc2)c1)c1ccc2c(ccn2C(=O)NC)c1. The van der Waals surface area contributed by atoms with Crippen LogP contribution in [0, 0.1) is 0 Å². The number of anilines is 3. The van der Waals surface area contributed by atoms with E-state index < -0.39 is 0 Å². The number of nitrogens with one attached hydrogen (secondary N) is 2. The quantitative estimate of drug-likeness (QED) is 0.179. The van der Waals surface area contributed by atoms with Gasteiger partial charge in [-0.2, -0.15) is 0 Å². The molecule has 1 aliphatic heterocycles. The Balaban J connectivity index is 1.29. The average molecular weight is 613 g/mol. The number of nitrogens with zero attached hydrogens (tertiary/aromatic N) is 4. The topological polar surface area (TPSA) is 112 Å². The zero-order valence-corrected chi connectivity index (χ0v) is 26.4. The Hall–Kier alpha value is -4.25. The largest absolute Gasteiger partial charge is 0.392 e. The minimum Gasteiger partial charge on any atom is -0.392 e. The first kappa shape index (κ1) is 32.2. The fraction of sp³-hybridized carbons (Fsp3) is 0.400. The van der Waals surface area contributed by atoms with Crippen molar-refractivity contribution in [1.82, 2.24) is 19.8 Å². The highest BCUT2D eigenvalue weighted by Gasteiger charge is 2.22. The molecule has 0 bridgehead atoms. The molecule has 4 aromatic rings. The number of rotatable bonds is 12. The number of ether oxygens (including phenoxy) is 1. The van der Waals surface area contributed by atoms with Crippen molar-refractivity contribution >= 4 is 40.0 Å². The summed E-state index contributed by atoms with van der Waals surface area (Å²) in [5.41, 5.74) is 4.50. The number of β-amino-alcohol motifs (C(OH)–C–C–N with tert-alkyl or cyclic N) is 1. The molecule has 1 atom stereocenters. The first-order valence-electron chi connectivity index (χ1n) is 15.8. The van der Waals surface area contributed by atoms with Crippen LogP contribution in [-0.2, 0) is 4.74 Å². The number of hydrogen-bond donors (Lipinski definition) is 3. The Morgan fingerprint density at radius 3 is 2.53 bits per heavy atom. The van der Waals surface area contributed by atoms with Crippen LogP contribution in [-0.4, -0.2) is 84.0 Å². The van der Waals surface area contributed by atoms with Gasteiger partial charge in [0.2, 0.25) is 0 Å². The fourth-order valence-corrected chi connectivity index (χ4v) is 6.05. The maximum absolute atomic E-state index is 13.2. The average Bonchev–Trinajstić information content (AvgIpc) is 3.48. The van der Waals surface area contributed by atoms with Crippen molar-refractivity contribution in [3.05, 3.63) is 84.2 Å². The molecular formula is C35H44N6O4. The third kappa shape index (κ3) is 8.08. The molecule has 3 N–H and O–H groups in total. The highest BCUT2D eigenvalue weighted by Crippen LogP contribution is 2.31. The number of benzene rings is 2. The molecule has 1 saturated heterocycles. The molecule has 2 amide bonds. The molecule has 3 heterocycles. The van der Waals surface area contributed by atoms with Crippen LogP contribution in [0.25, 0.3) is 10.9 Å². The number of carbonyl (C=O) groups is 2. The van der Waals surface area contributed by atoms with Gasteiger partial charge in [0.1, 0.15) is 5.82 Å². The monoisotopic (exact) mass is 612 g/mol. The molecule has 1 fully saturated rings. The van der Waals surface area contributed by atoms with Gasteiger partial charge in [-0.3, -0.25) is 9.36 Å². The number of hydrogen-bond acceptors (Lipinski definition) is 7. The van der Waals surface area contributed by atoms with Crippen LogP contribution < -0.4 is 15.5 Å². The van der Waals surface area contributed by atoms with Crippen molar-refractivity contribution in [1.29, 1.82) is 0 Å². The summed E-state index contributed by atoms with van der Waals surface area (Å²) in [6.07, 6.45) is 6.06. The van der Waals surface area contributed by atoms with Gasteiger partial charge in [-0.1, -0.05) is 12.1 Å². The van der Waals surface area contributed by atoms with E-state index in [1.54, 1.807) is 24.0 Å². The van der Waals surface area contributed by atoms with Crippen LogP contribution in [0.15, 0.2) is 73.1 Å². The summed E-state index contributed by atoms with van der Waals surface area (Å²) < 4.78 is 7.19. The third-order valence-corrected chi connectivity index (χ3v) is 8.34. The molecule has 238 valence electrons. The van der Waals surface area contributed by atoms with Gasteiger partial charge in [0.15, 0.2) is 0 Å². The predicted molar refractivity (Wildman–Crippen MR) is 179 cm³/mol. The Morgan fingerprint density at radius 1 is 1.07 bits per heavy atom. The van der Waals surface area contributed by atoms with E-state index in [1.165, 1.54) is 5.56 Å². The van der Waals surface area contributed by atoms with Gasteiger partial charge in [0.25, 0.3) is 5.91 Å². The smallest absolute Gasteiger partial charge is 0.325 e. The first-order chi connectivity index (χ1) is 21.9. The lowest BCUT2D eigenvalue weighted by Gasteiger charge is -2.32. The molecule has 10 heteroatoms. The predicted octanol–water partition coefficient (Wildman–Crippen LogP) is 5.60. The number of likely N-dealkylation sites (tertiary alicyclic amines) is 1. The number of aromatic nitrogens is 2. The van der Waals surface area contributed by atoms with Crippen LogP contribution >= 0.6 is 0 Å². The first-order valence-corrected chi connectivity index (χ1v) is 15.8. The molecule has 0 radical (unpaired) electrons. The molecule has 0 aliphatic carbocycles. The van der Waals surface area contributed by atoms with Crippen molar-refractivity contribution in [3.8, 4) is 0 Å². The molecule has 0 saturated carbocycles. The molecule has 45 heavy (non-hydrogen) atoms. The van der Waals surface area contributed by atoms with E-state index in [1.807, 2.05) is 56.3 Å². The minimum atomic E-state index is -0.308. The van der Waals surface area contributed by atoms with Gasteiger partial charge in [0, 0.05) is 74.1 Å². The van der Waals surface area contributed by atoms with E-state index in [-0.39, 0.29) is 18.0 Å². The lowest BCUT2D eigenvalue weighted by atomic mass is 9.89. The standard InChI is InChI=1S/C35H44N6O4/c1-4-45-21-5-17-40(30-10-11-32-29(22-30)15-20-41(32)35(44)36-3)31-12-16-37-33(23-31)38-34(43)28-8-6-26(7-9-28)27-13-18-39(19-14-27)24-25(2)42/h6-12,15-16,20,22-23,25,27,42H,4-5,13-14,17-19,21,24H2,1-3H3,(H,36,44)(H,37,38,43). The number of piperidine rings is 1. The second kappa shape index (κ2) is 15.2. The summed E-state index contributed by atoms with van der Waals surface area (Å²) in [5, 5.41) is 16.3. The van der Waals surface area contributed by atoms with E-state index >= 15 is 0 Å². The summed E-state index contributed by atoms with van der Waals surface area (Å²) >= 11 is 0. The van der Waals surface area contributed by atoms with Gasteiger partial charge < -0.3 is 30.3 Å². The highest BCUT2D eigenvalue weighted by molar-refractivity contribution is 6.04. The molecule has 2 aromatic carbocycles. The van der Waals surface area contributed by atoms with Crippen LogP contribution in [0.1, 0.15) is 54.9 Å². The fourth-order valence-electron chi connectivity index (χ4n) is 6.05. The van der Waals surface area contributed by atoms with Crippen molar-refractivity contribution < 1.29 is 19.4 Å². The third-order valence-electron chi connectivity index (χ3n) is 8.34. The number of fused-ring (bicyclic) bond motifs is 1. The number of aliphatic hydroxyl groups is 1. The molecule has 2 aromatic heterocycles. The van der Waals surface area contributed by atoms with Gasteiger partial charge in [-0.15, -0.1) is 0 Å². The van der Waals surface area contributed by atoms with E-state index in [0.717, 1.165) is 54.6 Å². The number of amides is 2. The Morgan fingerprint density at radius 2 is 1.82 bits per heavy atom. The summed E-state index contributed by atoms with van der Waals surface area (Å²) in [6.45, 7) is 8.46. The lowest BCUT2D eigenvalue weighted by Crippen LogP contribution is -2.37. The van der Waals surface area contributed by atoms with E-state index in [4.69, 9.17) is 4.74 Å². The lowest BCUT2D eigenvalue weighted by molar-refractivity contribution is 0.102. The van der Waals surface area contributed by atoms with Crippen molar-refractivity contribution in [3.63, 3.8) is 0 Å². The number of aliphatic hydroxyl groups excluding tert-OH is 1. The van der Waals surface area contributed by atoms with Gasteiger partial charge in [-0.25, -0.2) is 9.78 Å². The van der Waals surface area contributed by atoms with E-state index in [0.29, 0.717) is 43.6 Å². The highest BCUT2D eigenvalue weighted by atomic mass is 16.5. The van der Waals surface area contributed by atoms with E-state index in [2.05, 4.69) is 43.6 Å². The maximum Gasteiger partial charge on any atom is 0.325 e. The van der Waals surface area contributed by atoms with Crippen LogP contribution in [0.2, 0.25) is 0 Å². The molecule has 0 spiro atoms. The van der Waals surface area contributed by atoms with Crippen LogP contribution in [0.4, 0.5) is 22.0 Å². The number of pyridine rings is 1. The molecule has 10 nitrogen and oxygen atoms in total. The second-order valence-electron chi connectivity index (χ2n) is 11.6. The normalized spacial score (nSPS) is 14.8. The van der Waals surface area contributed by atoms with Crippen LogP contribution in [0.5, 0.6) is 0 Å². The summed E-state index contributed by atoms with van der Waals surface area (Å²) in [7, 11) is 1.61. The molecular weight excluding hydrogens is 568 g/mol. The summed E-state index contributed by atoms with van der Waals surface area (Å²) in [6, 6.07) is 19.4. The second-order valence-corrected chi connectivity index (χ2v) is 11.6. The Labute approximate surface area is 265 Å². The molecule has 1 unspecified atom stereocenters. The Bertz CT molecular complexity index is 1580. The van der Waals surface area contributed by atoms with Crippen LogP contribution in [0.3, 0.4) is 0 Å². The van der Waals surface area contributed by atoms with Gasteiger partial charge >= 0.3 is 6.03 Å². The number of carbonyl (C=O) groups excluding carboxylic acids is 2. The minimum absolute atomic E-state index is 0.190. The zero-order valence-electron chi connectivity index (χ0n) is 26.4. The Kier molecular flexibility index (Phi) is 10.8. The zero-order chi connectivity index (χ0) is 31.8. The van der Waals surface area contributed by atoms with Crippen molar-refractivity contribution in [2.75, 3.05) is 56.7 Å². The van der Waals surface area contributed by atoms with Crippen molar-refractivity contribution in [2.45, 2.75) is 45.1 Å².